The summed E-state index contributed by atoms with van der Waals surface area (Å²) in [5, 5.41) is 65.3. The van der Waals surface area contributed by atoms with Crippen LogP contribution in [-0.2, 0) is 61.6 Å². The molecule has 19 nitrogen and oxygen atoms in total. The number of rotatable bonds is 14. The number of fused-ring (bicyclic) bond motifs is 5. The van der Waals surface area contributed by atoms with Gasteiger partial charge in [0.05, 0.1) is 48.8 Å². The summed E-state index contributed by atoms with van der Waals surface area (Å²) in [6.45, 7) is 12.9. The lowest BCUT2D eigenvalue weighted by Gasteiger charge is -2.60. The number of hydrogen-bond acceptors (Lipinski definition) is 19. The van der Waals surface area contributed by atoms with Crippen molar-refractivity contribution >= 4 is 5.97 Å². The number of methoxy groups -OCH3 is 3. The second-order valence-electron chi connectivity index (χ2n) is 22.0. The minimum atomic E-state index is -1.58. The second-order valence-corrected chi connectivity index (χ2v) is 22.0. The van der Waals surface area contributed by atoms with Crippen LogP contribution in [0.5, 0.6) is 0 Å². The molecule has 0 radical (unpaired) electrons. The minimum absolute atomic E-state index is 0.0257. The summed E-state index contributed by atoms with van der Waals surface area (Å²) in [5.41, 5.74) is -1.51. The topological polar surface area (TPSA) is 249 Å². The Morgan fingerprint density at radius 2 is 1.32 bits per heavy atom. The Balaban J connectivity index is 0.864. The zero-order valence-corrected chi connectivity index (χ0v) is 42.1. The summed E-state index contributed by atoms with van der Waals surface area (Å²) in [6, 6.07) is 0. The maximum atomic E-state index is 12.8. The highest BCUT2D eigenvalue weighted by molar-refractivity contribution is 5.66. The molecular weight excluding hydrogens is 905 g/mol. The van der Waals surface area contributed by atoms with Gasteiger partial charge in [-0.25, -0.2) is 0 Å². The first-order chi connectivity index (χ1) is 32.7. The van der Waals surface area contributed by atoms with Crippen LogP contribution < -0.4 is 0 Å². The van der Waals surface area contributed by atoms with Gasteiger partial charge >= 0.3 is 5.97 Å². The van der Waals surface area contributed by atoms with E-state index in [-0.39, 0.29) is 29.8 Å². The Kier molecular flexibility index (Phi) is 16.7. The van der Waals surface area contributed by atoms with Gasteiger partial charge in [0.15, 0.2) is 31.3 Å². The maximum Gasteiger partial charge on any atom is 0.303 e. The molecule has 8 aliphatic rings. The molecule has 396 valence electrons. The van der Waals surface area contributed by atoms with Crippen molar-refractivity contribution < 1.29 is 92.3 Å². The molecule has 0 bridgehead atoms. The third kappa shape index (κ3) is 9.99. The SMILES string of the molecule is CO[C@@H]1[C@@H](O)[C@H](O[C@H]2CC[C@@]3(C)[C@@H](C=C[C@@H]4[C@@H]3CC[C@@]3(C)[C@H]4CC[C@]3(O)[C@@H](C)O[C@H]3C[C@@H](OC)[C@H](O[C@@H]4O[C@H](CO)[C@@H](O)[C@H](O)[C@H]4O)[C@@H](C)O3)C2)O[C@H](C)[C@@H]1O[C@H]1C[C@@H](OC)[C@H](OC(C)=O)[C@H](C)O1. The number of carbonyl (C=O) groups is 1. The third-order valence-electron chi connectivity index (χ3n) is 18.3. The van der Waals surface area contributed by atoms with Crippen LogP contribution in [0.1, 0.15) is 106 Å². The molecule has 4 heterocycles. The standard InChI is InChI=1S/C50H82O19/c1-23-42(65-27(5)52)33(58-8)21-37(62-23)68-44-25(3)63-47(41(56)45(44)60-10)66-29-13-16-48(6)28(19-29)11-12-30-31(48)14-17-49(7)32(30)15-18-50(49,57)26(4)64-36-20-34(59-9)43(24(2)61-36)69-46-40(55)39(54)38(53)35(22-51)67-46/h11-12,23-26,28-47,51,53-57H,13-22H2,1-10H3/t23-,24+,25+,26+,28-,29-,30+,31-,32-,33+,34+,35+,36-,37-,38+,39-,40+,41+,42+,43+,44-,45+,46-,47-,48-,49-,50-/m0/s1. The molecule has 0 aromatic heterocycles. The van der Waals surface area contributed by atoms with Crippen molar-refractivity contribution in [2.75, 3.05) is 27.9 Å². The largest absolute Gasteiger partial charge is 0.457 e. The summed E-state index contributed by atoms with van der Waals surface area (Å²) in [5.74, 6) is 0.809. The Bertz CT molecular complexity index is 1760. The molecule has 27 atom stereocenters. The zero-order valence-electron chi connectivity index (χ0n) is 42.1. The Morgan fingerprint density at radius 3 is 2.00 bits per heavy atom. The van der Waals surface area contributed by atoms with Gasteiger partial charge < -0.3 is 87.5 Å². The van der Waals surface area contributed by atoms with Crippen molar-refractivity contribution in [1.29, 1.82) is 0 Å². The van der Waals surface area contributed by atoms with Crippen LogP contribution in [-0.4, -0.2) is 193 Å². The molecule has 0 spiro atoms. The van der Waals surface area contributed by atoms with E-state index in [9.17, 15) is 35.4 Å². The Labute approximate surface area is 406 Å². The van der Waals surface area contributed by atoms with E-state index in [4.69, 9.17) is 56.8 Å². The monoisotopic (exact) mass is 987 g/mol. The minimum Gasteiger partial charge on any atom is -0.457 e. The molecule has 3 saturated carbocycles. The number of allylic oxidation sites excluding steroid dienone is 2. The fourth-order valence-electron chi connectivity index (χ4n) is 14.2. The molecule has 0 aromatic rings. The molecule has 6 N–H and O–H groups in total. The molecule has 7 fully saturated rings. The van der Waals surface area contributed by atoms with E-state index >= 15 is 0 Å². The molecule has 4 saturated heterocycles. The van der Waals surface area contributed by atoms with Crippen LogP contribution in [0.4, 0.5) is 0 Å². The summed E-state index contributed by atoms with van der Waals surface area (Å²) in [4.78, 5) is 11.7. The molecule has 8 rings (SSSR count). The van der Waals surface area contributed by atoms with Gasteiger partial charge in [0.2, 0.25) is 0 Å². The number of aliphatic hydroxyl groups is 6. The van der Waals surface area contributed by atoms with E-state index in [1.54, 1.807) is 28.1 Å². The maximum absolute atomic E-state index is 12.8. The Hall–Kier alpha value is -1.47. The van der Waals surface area contributed by atoms with Crippen LogP contribution >= 0.6 is 0 Å². The van der Waals surface area contributed by atoms with Gasteiger partial charge in [-0.3, -0.25) is 4.79 Å². The van der Waals surface area contributed by atoms with E-state index in [1.807, 2.05) is 13.8 Å². The highest BCUT2D eigenvalue weighted by atomic mass is 16.8. The first kappa shape index (κ1) is 53.8. The van der Waals surface area contributed by atoms with Crippen molar-refractivity contribution in [3.63, 3.8) is 0 Å². The van der Waals surface area contributed by atoms with Crippen LogP contribution in [0, 0.1) is 34.5 Å². The molecular formula is C50H82O19. The normalized spacial score (nSPS) is 52.6. The van der Waals surface area contributed by atoms with E-state index in [1.165, 1.54) is 14.0 Å². The summed E-state index contributed by atoms with van der Waals surface area (Å²) < 4.78 is 73.0. The molecule has 19 heteroatoms. The van der Waals surface area contributed by atoms with Crippen LogP contribution in [0.25, 0.3) is 0 Å². The van der Waals surface area contributed by atoms with Gasteiger partial charge in [0.25, 0.3) is 0 Å². The molecule has 4 aliphatic carbocycles. The predicted octanol–water partition coefficient (Wildman–Crippen LogP) is 2.25. The fraction of sp³-hybridized carbons (Fsp3) is 0.940. The zero-order chi connectivity index (χ0) is 49.9. The van der Waals surface area contributed by atoms with E-state index in [0.717, 1.165) is 38.5 Å². The highest BCUT2D eigenvalue weighted by Gasteiger charge is 2.66. The lowest BCUT2D eigenvalue weighted by molar-refractivity contribution is -0.348. The van der Waals surface area contributed by atoms with Gasteiger partial charge in [0, 0.05) is 46.5 Å². The van der Waals surface area contributed by atoms with Gasteiger partial charge in [-0.05, 0) is 102 Å². The van der Waals surface area contributed by atoms with Crippen LogP contribution in [0.2, 0.25) is 0 Å². The summed E-state index contributed by atoms with van der Waals surface area (Å²) in [6.07, 6.45) is -5.45. The molecule has 69 heavy (non-hydrogen) atoms. The van der Waals surface area contributed by atoms with Crippen molar-refractivity contribution in [1.82, 2.24) is 0 Å². The first-order valence-electron chi connectivity index (χ1n) is 25.4. The van der Waals surface area contributed by atoms with Crippen molar-refractivity contribution in [3.05, 3.63) is 12.2 Å². The predicted molar refractivity (Wildman–Crippen MR) is 242 cm³/mol. The van der Waals surface area contributed by atoms with E-state index < -0.39 is 140 Å². The summed E-state index contributed by atoms with van der Waals surface area (Å²) >= 11 is 0. The van der Waals surface area contributed by atoms with Gasteiger partial charge in [-0.2, -0.15) is 0 Å². The number of carbonyl (C=O) groups excluding carboxylic acids is 1. The average molecular weight is 987 g/mol. The number of ether oxygens (including phenoxy) is 12. The van der Waals surface area contributed by atoms with Crippen molar-refractivity contribution in [2.24, 2.45) is 34.5 Å². The molecule has 0 unspecified atom stereocenters. The van der Waals surface area contributed by atoms with Crippen LogP contribution in [0.3, 0.4) is 0 Å². The number of aliphatic hydroxyl groups excluding tert-OH is 5. The van der Waals surface area contributed by atoms with E-state index in [0.29, 0.717) is 24.7 Å². The molecule has 0 aromatic carbocycles. The average Bonchev–Trinajstić information content (AvgIpc) is 3.60. The van der Waals surface area contributed by atoms with Crippen molar-refractivity contribution in [2.45, 2.75) is 235 Å². The van der Waals surface area contributed by atoms with Gasteiger partial charge in [0.1, 0.15) is 54.9 Å². The molecule has 0 amide bonds. The smallest absolute Gasteiger partial charge is 0.303 e. The number of hydrogen-bond donors (Lipinski definition) is 6. The fourth-order valence-corrected chi connectivity index (χ4v) is 14.2. The highest BCUT2D eigenvalue weighted by Crippen LogP contribution is 2.68. The van der Waals surface area contributed by atoms with Crippen LogP contribution in [0.15, 0.2) is 12.2 Å². The number of esters is 1. The van der Waals surface area contributed by atoms with Crippen molar-refractivity contribution in [3.8, 4) is 0 Å². The van der Waals surface area contributed by atoms with E-state index in [2.05, 4.69) is 26.0 Å². The Morgan fingerprint density at radius 1 is 0.681 bits per heavy atom. The lowest BCUT2D eigenvalue weighted by atomic mass is 9.46. The summed E-state index contributed by atoms with van der Waals surface area (Å²) in [7, 11) is 4.64. The quantitative estimate of drug-likeness (QED) is 0.108. The lowest BCUT2D eigenvalue weighted by Crippen LogP contribution is -2.62. The second kappa shape index (κ2) is 21.4. The first-order valence-corrected chi connectivity index (χ1v) is 25.4. The van der Waals surface area contributed by atoms with Gasteiger partial charge in [-0.15, -0.1) is 0 Å². The van der Waals surface area contributed by atoms with Gasteiger partial charge in [-0.1, -0.05) is 26.0 Å². The molecule has 4 aliphatic heterocycles. The third-order valence-corrected chi connectivity index (χ3v) is 18.3.